The fraction of sp³-hybridized carbons (Fsp3) is 0.524. The van der Waals surface area contributed by atoms with Gasteiger partial charge < -0.3 is 14.7 Å². The number of hydrogen-bond acceptors (Lipinski definition) is 4. The van der Waals surface area contributed by atoms with Gasteiger partial charge in [-0.05, 0) is 43.7 Å². The smallest absolute Gasteiger partial charge is 0.255 e. The Morgan fingerprint density at radius 1 is 1.27 bits per heavy atom. The first-order valence-corrected chi connectivity index (χ1v) is 9.67. The van der Waals surface area contributed by atoms with Crippen LogP contribution in [0.4, 0.5) is 0 Å². The van der Waals surface area contributed by atoms with Gasteiger partial charge in [-0.1, -0.05) is 18.2 Å². The van der Waals surface area contributed by atoms with Gasteiger partial charge in [0.05, 0.1) is 29.8 Å². The van der Waals surface area contributed by atoms with Crippen molar-refractivity contribution in [1.82, 2.24) is 9.88 Å². The van der Waals surface area contributed by atoms with E-state index in [0.717, 1.165) is 35.0 Å². The second-order valence-electron chi connectivity index (χ2n) is 7.88. The second-order valence-corrected chi connectivity index (χ2v) is 7.88. The fourth-order valence-corrected chi connectivity index (χ4v) is 4.57. The Bertz CT molecular complexity index is 848. The molecule has 3 aliphatic rings. The van der Waals surface area contributed by atoms with E-state index < -0.39 is 0 Å². The molecule has 2 aliphatic carbocycles. The van der Waals surface area contributed by atoms with Crippen LogP contribution in [-0.4, -0.2) is 52.8 Å². The van der Waals surface area contributed by atoms with E-state index >= 15 is 0 Å². The molecule has 26 heavy (non-hydrogen) atoms. The molecule has 1 N–H and O–H groups in total. The van der Waals surface area contributed by atoms with E-state index in [0.29, 0.717) is 19.1 Å². The van der Waals surface area contributed by atoms with Crippen molar-refractivity contribution in [3.8, 4) is 0 Å². The van der Waals surface area contributed by atoms with E-state index in [4.69, 9.17) is 9.72 Å². The number of benzene rings is 1. The van der Waals surface area contributed by atoms with Crippen molar-refractivity contribution in [1.29, 1.82) is 0 Å². The van der Waals surface area contributed by atoms with Crippen molar-refractivity contribution < 1.29 is 14.6 Å². The first kappa shape index (κ1) is 16.2. The number of morpholine rings is 1. The van der Waals surface area contributed by atoms with Crippen molar-refractivity contribution in [2.24, 2.45) is 5.92 Å². The van der Waals surface area contributed by atoms with Crippen LogP contribution >= 0.6 is 0 Å². The lowest BCUT2D eigenvalue weighted by molar-refractivity contribution is -0.0448. The number of rotatable bonds is 3. The quantitative estimate of drug-likeness (QED) is 0.923. The van der Waals surface area contributed by atoms with Crippen LogP contribution in [0.2, 0.25) is 0 Å². The molecule has 0 radical (unpaired) electrons. The van der Waals surface area contributed by atoms with Gasteiger partial charge >= 0.3 is 0 Å². The number of hydrogen-bond donors (Lipinski definition) is 1. The zero-order valence-electron chi connectivity index (χ0n) is 14.8. The average molecular weight is 352 g/mol. The Morgan fingerprint density at radius 3 is 2.92 bits per heavy atom. The molecule has 2 saturated carbocycles. The van der Waals surface area contributed by atoms with E-state index in [1.807, 2.05) is 35.2 Å². The highest BCUT2D eigenvalue weighted by atomic mass is 16.5. The number of ether oxygens (including phenoxy) is 1. The van der Waals surface area contributed by atoms with Crippen molar-refractivity contribution in [3.63, 3.8) is 0 Å². The molecular formula is C21H24N2O3. The standard InChI is InChI=1S/C21H24N2O3/c24-12-13-9-19-20(10-13)26-8-7-23(19)21(25)16-11-18(14-5-6-14)22-17-4-2-1-3-15(16)17/h1-4,11,13-14,19-20,24H,5-10,12H2/t13-,19+,20+/m1/s1. The summed E-state index contributed by atoms with van der Waals surface area (Å²) in [6.07, 6.45) is 4.06. The van der Waals surface area contributed by atoms with Gasteiger partial charge in [0.15, 0.2) is 0 Å². The van der Waals surface area contributed by atoms with Gasteiger partial charge in [-0.2, -0.15) is 0 Å². The summed E-state index contributed by atoms with van der Waals surface area (Å²) in [5.41, 5.74) is 2.73. The van der Waals surface area contributed by atoms with Crippen molar-refractivity contribution in [2.75, 3.05) is 19.8 Å². The van der Waals surface area contributed by atoms with E-state index in [-0.39, 0.29) is 30.6 Å². The summed E-state index contributed by atoms with van der Waals surface area (Å²) in [5, 5.41) is 10.5. The van der Waals surface area contributed by atoms with E-state index in [2.05, 4.69) is 0 Å². The highest BCUT2D eigenvalue weighted by Gasteiger charge is 2.43. The lowest BCUT2D eigenvalue weighted by Gasteiger charge is -2.38. The third-order valence-corrected chi connectivity index (χ3v) is 6.12. The first-order chi connectivity index (χ1) is 12.7. The fourth-order valence-electron chi connectivity index (χ4n) is 4.57. The number of fused-ring (bicyclic) bond motifs is 2. The molecule has 5 rings (SSSR count). The number of aliphatic hydroxyl groups is 1. The van der Waals surface area contributed by atoms with Crippen LogP contribution < -0.4 is 0 Å². The first-order valence-electron chi connectivity index (χ1n) is 9.67. The highest BCUT2D eigenvalue weighted by Crippen LogP contribution is 2.41. The maximum absolute atomic E-state index is 13.5. The summed E-state index contributed by atoms with van der Waals surface area (Å²) in [6, 6.07) is 10.0. The molecule has 0 spiro atoms. The third-order valence-electron chi connectivity index (χ3n) is 6.12. The molecule has 0 unspecified atom stereocenters. The molecule has 2 aromatic rings. The van der Waals surface area contributed by atoms with Crippen LogP contribution in [0.25, 0.3) is 10.9 Å². The van der Waals surface area contributed by atoms with Crippen LogP contribution in [0.1, 0.15) is 47.7 Å². The molecule has 136 valence electrons. The molecule has 5 nitrogen and oxygen atoms in total. The average Bonchev–Trinajstić information content (AvgIpc) is 3.44. The van der Waals surface area contributed by atoms with Gasteiger partial charge in [0.2, 0.25) is 0 Å². The number of amides is 1. The van der Waals surface area contributed by atoms with Gasteiger partial charge in [-0.25, -0.2) is 0 Å². The molecule has 5 heteroatoms. The zero-order valence-corrected chi connectivity index (χ0v) is 14.8. The number of nitrogens with zero attached hydrogens (tertiary/aromatic N) is 2. The van der Waals surface area contributed by atoms with Crippen molar-refractivity contribution in [2.45, 2.75) is 43.7 Å². The van der Waals surface area contributed by atoms with Crippen LogP contribution in [0, 0.1) is 5.92 Å². The van der Waals surface area contributed by atoms with Crippen LogP contribution in [0.5, 0.6) is 0 Å². The number of pyridine rings is 1. The zero-order chi connectivity index (χ0) is 17.7. The summed E-state index contributed by atoms with van der Waals surface area (Å²) in [7, 11) is 0. The minimum Gasteiger partial charge on any atom is -0.396 e. The molecule has 1 aliphatic heterocycles. The second kappa shape index (κ2) is 6.32. The van der Waals surface area contributed by atoms with Gasteiger partial charge in [-0.3, -0.25) is 9.78 Å². The van der Waals surface area contributed by atoms with Gasteiger partial charge in [0.25, 0.3) is 5.91 Å². The summed E-state index contributed by atoms with van der Waals surface area (Å²) < 4.78 is 5.89. The van der Waals surface area contributed by atoms with Crippen LogP contribution in [0.3, 0.4) is 0 Å². The predicted octanol–water partition coefficient (Wildman–Crippen LogP) is 2.72. The Hall–Kier alpha value is -1.98. The Labute approximate surface area is 153 Å². The Kier molecular flexibility index (Phi) is 3.94. The number of aliphatic hydroxyl groups excluding tert-OH is 1. The maximum Gasteiger partial charge on any atom is 0.255 e. The van der Waals surface area contributed by atoms with Gasteiger partial charge in [0.1, 0.15) is 0 Å². The molecular weight excluding hydrogens is 328 g/mol. The lowest BCUT2D eigenvalue weighted by Crippen LogP contribution is -2.51. The SMILES string of the molecule is O=C(c1cc(C2CC2)nc2ccccc12)N1CCO[C@H]2C[C@H](CO)C[C@@H]21. The van der Waals surface area contributed by atoms with E-state index in [1.165, 1.54) is 12.8 Å². The minimum absolute atomic E-state index is 0.0563. The summed E-state index contributed by atoms with van der Waals surface area (Å²) >= 11 is 0. The highest BCUT2D eigenvalue weighted by molar-refractivity contribution is 6.06. The van der Waals surface area contributed by atoms with E-state index in [9.17, 15) is 9.90 Å². The normalized spacial score (nSPS) is 28.3. The van der Waals surface area contributed by atoms with E-state index in [1.54, 1.807) is 0 Å². The third kappa shape index (κ3) is 2.70. The van der Waals surface area contributed by atoms with Crippen molar-refractivity contribution >= 4 is 16.8 Å². The Balaban J connectivity index is 1.53. The minimum atomic E-state index is 0.0563. The summed E-state index contributed by atoms with van der Waals surface area (Å²) in [4.78, 5) is 20.3. The number of carbonyl (C=O) groups excluding carboxylic acids is 1. The predicted molar refractivity (Wildman–Crippen MR) is 98.1 cm³/mol. The number of aromatic nitrogens is 1. The topological polar surface area (TPSA) is 62.7 Å². The number of carbonyl (C=O) groups is 1. The molecule has 3 fully saturated rings. The summed E-state index contributed by atoms with van der Waals surface area (Å²) in [5.74, 6) is 0.825. The molecule has 3 atom stereocenters. The lowest BCUT2D eigenvalue weighted by atomic mass is 10.0. The van der Waals surface area contributed by atoms with Gasteiger partial charge in [-0.15, -0.1) is 0 Å². The van der Waals surface area contributed by atoms with Crippen LogP contribution in [-0.2, 0) is 4.74 Å². The molecule has 0 bridgehead atoms. The Morgan fingerprint density at radius 2 is 2.12 bits per heavy atom. The molecule has 1 aromatic carbocycles. The monoisotopic (exact) mass is 352 g/mol. The van der Waals surface area contributed by atoms with Crippen LogP contribution in [0.15, 0.2) is 30.3 Å². The van der Waals surface area contributed by atoms with Crippen molar-refractivity contribution in [3.05, 3.63) is 41.6 Å². The maximum atomic E-state index is 13.5. The largest absolute Gasteiger partial charge is 0.396 e. The molecule has 1 amide bonds. The molecule has 1 aromatic heterocycles. The summed E-state index contributed by atoms with van der Waals surface area (Å²) in [6.45, 7) is 1.36. The molecule has 1 saturated heterocycles. The number of para-hydroxylation sites is 1. The van der Waals surface area contributed by atoms with Gasteiger partial charge in [0, 0.05) is 30.1 Å². The molecule has 2 heterocycles.